The summed E-state index contributed by atoms with van der Waals surface area (Å²) in [6.07, 6.45) is 0. The number of nitrogens with two attached hydrogens (primary N) is 1. The van der Waals surface area contributed by atoms with Gasteiger partial charge in [-0.25, -0.2) is 0 Å². The minimum absolute atomic E-state index is 0.862. The van der Waals surface area contributed by atoms with Crippen molar-refractivity contribution in [3.63, 3.8) is 0 Å². The summed E-state index contributed by atoms with van der Waals surface area (Å²) in [4.78, 5) is 4.90. The van der Waals surface area contributed by atoms with Crippen LogP contribution in [0, 0.1) is 0 Å². The molecule has 0 amide bonds. The highest BCUT2D eigenvalue weighted by atomic mass is 15.2. The van der Waals surface area contributed by atoms with E-state index in [1.165, 1.54) is 31.7 Å². The van der Waals surface area contributed by atoms with Gasteiger partial charge in [0, 0.05) is 51.5 Å². The van der Waals surface area contributed by atoms with Gasteiger partial charge in [-0.1, -0.05) is 18.2 Å². The summed E-state index contributed by atoms with van der Waals surface area (Å²) >= 11 is 0. The van der Waals surface area contributed by atoms with Crippen molar-refractivity contribution in [3.8, 4) is 0 Å². The van der Waals surface area contributed by atoms with E-state index in [1.807, 2.05) is 18.2 Å². The zero-order valence-corrected chi connectivity index (χ0v) is 11.2. The van der Waals surface area contributed by atoms with E-state index in [0.717, 1.165) is 25.3 Å². The molecule has 0 saturated carbocycles. The van der Waals surface area contributed by atoms with Crippen molar-refractivity contribution in [3.05, 3.63) is 29.8 Å². The van der Waals surface area contributed by atoms with Crippen molar-refractivity contribution >= 4 is 5.69 Å². The van der Waals surface area contributed by atoms with Crippen LogP contribution >= 0.6 is 0 Å². The number of benzene rings is 1. The first-order valence-corrected chi connectivity index (χ1v) is 6.71. The van der Waals surface area contributed by atoms with Gasteiger partial charge in [0.25, 0.3) is 0 Å². The third-order valence-corrected chi connectivity index (χ3v) is 3.57. The smallest absolute Gasteiger partial charge is 0.0359 e. The van der Waals surface area contributed by atoms with Crippen LogP contribution in [0.2, 0.25) is 0 Å². The van der Waals surface area contributed by atoms with Gasteiger partial charge in [0.15, 0.2) is 0 Å². The summed E-state index contributed by atoms with van der Waals surface area (Å²) in [6, 6.07) is 8.05. The average Bonchev–Trinajstić information content (AvgIpc) is 2.39. The molecule has 0 radical (unpaired) electrons. The normalized spacial score (nSPS) is 18.1. The molecule has 100 valence electrons. The largest absolute Gasteiger partial charge is 0.398 e. The van der Waals surface area contributed by atoms with Crippen molar-refractivity contribution < 1.29 is 0 Å². The van der Waals surface area contributed by atoms with Gasteiger partial charge in [-0.15, -0.1) is 0 Å². The topological polar surface area (TPSA) is 44.5 Å². The molecule has 1 aliphatic rings. The molecule has 1 aromatic rings. The van der Waals surface area contributed by atoms with E-state index >= 15 is 0 Å². The molecule has 4 heteroatoms. The lowest BCUT2D eigenvalue weighted by Gasteiger charge is -2.32. The Hall–Kier alpha value is -1.10. The van der Waals surface area contributed by atoms with E-state index < -0.39 is 0 Å². The third kappa shape index (κ3) is 3.98. The van der Waals surface area contributed by atoms with Crippen LogP contribution in [0.15, 0.2) is 24.3 Å². The first-order valence-electron chi connectivity index (χ1n) is 6.71. The molecule has 1 aliphatic heterocycles. The van der Waals surface area contributed by atoms with Crippen LogP contribution in [-0.2, 0) is 6.54 Å². The molecule has 4 nitrogen and oxygen atoms in total. The fraction of sp³-hybridized carbons (Fsp3) is 0.571. The number of nitrogens with one attached hydrogen (secondary N) is 1. The molecule has 0 aliphatic carbocycles. The minimum Gasteiger partial charge on any atom is -0.398 e. The Kier molecular flexibility index (Phi) is 4.99. The maximum atomic E-state index is 5.90. The lowest BCUT2D eigenvalue weighted by atomic mass is 10.2. The summed E-state index contributed by atoms with van der Waals surface area (Å²) in [5.41, 5.74) is 7.97. The quantitative estimate of drug-likeness (QED) is 0.592. The minimum atomic E-state index is 0.862. The Morgan fingerprint density at radius 3 is 2.61 bits per heavy atom. The van der Waals surface area contributed by atoms with Crippen LogP contribution in [0.5, 0.6) is 0 Å². The van der Waals surface area contributed by atoms with Gasteiger partial charge in [0.05, 0.1) is 0 Å². The molecule has 0 bridgehead atoms. The standard InChI is InChI=1S/C14H24N4/c1-17-8-10-18(11-9-17)7-6-16-12-13-4-2-3-5-14(13)15/h2-5,16H,6-12,15H2,1H3. The Balaban J connectivity index is 1.63. The Morgan fingerprint density at radius 2 is 1.89 bits per heavy atom. The summed E-state index contributed by atoms with van der Waals surface area (Å²) in [7, 11) is 2.19. The maximum absolute atomic E-state index is 5.90. The van der Waals surface area contributed by atoms with Crippen LogP contribution in [0.25, 0.3) is 0 Å². The number of nitrogens with zero attached hydrogens (tertiary/aromatic N) is 2. The van der Waals surface area contributed by atoms with Gasteiger partial charge in [-0.05, 0) is 18.7 Å². The molecule has 0 atom stereocenters. The molecule has 3 N–H and O–H groups in total. The van der Waals surface area contributed by atoms with E-state index in [2.05, 4.69) is 28.2 Å². The van der Waals surface area contributed by atoms with E-state index in [1.54, 1.807) is 0 Å². The molecule has 1 saturated heterocycles. The molecule has 18 heavy (non-hydrogen) atoms. The highest BCUT2D eigenvalue weighted by Crippen LogP contribution is 2.09. The second-order valence-electron chi connectivity index (χ2n) is 5.02. The molecule has 0 unspecified atom stereocenters. The second kappa shape index (κ2) is 6.73. The first-order chi connectivity index (χ1) is 8.75. The molecule has 1 aromatic carbocycles. The number of nitrogen functional groups attached to an aromatic ring is 1. The van der Waals surface area contributed by atoms with Gasteiger partial charge in [0.1, 0.15) is 0 Å². The van der Waals surface area contributed by atoms with Crippen molar-refractivity contribution in [2.45, 2.75) is 6.54 Å². The monoisotopic (exact) mass is 248 g/mol. The Morgan fingerprint density at radius 1 is 1.17 bits per heavy atom. The summed E-state index contributed by atoms with van der Waals surface area (Å²) in [5, 5.41) is 3.47. The van der Waals surface area contributed by atoms with E-state index in [9.17, 15) is 0 Å². The molecule has 1 heterocycles. The summed E-state index contributed by atoms with van der Waals surface area (Å²) < 4.78 is 0. The van der Waals surface area contributed by atoms with E-state index in [4.69, 9.17) is 5.73 Å². The molecule has 1 fully saturated rings. The van der Waals surface area contributed by atoms with Crippen LogP contribution in [0.4, 0.5) is 5.69 Å². The van der Waals surface area contributed by atoms with Crippen LogP contribution in [0.3, 0.4) is 0 Å². The lowest BCUT2D eigenvalue weighted by Crippen LogP contribution is -2.46. The van der Waals surface area contributed by atoms with Crippen molar-refractivity contribution in [2.24, 2.45) is 0 Å². The molecular formula is C14H24N4. The van der Waals surface area contributed by atoms with Crippen molar-refractivity contribution in [1.29, 1.82) is 0 Å². The van der Waals surface area contributed by atoms with Crippen LogP contribution < -0.4 is 11.1 Å². The SMILES string of the molecule is CN1CCN(CCNCc2ccccc2N)CC1. The second-order valence-corrected chi connectivity index (χ2v) is 5.02. The number of para-hydroxylation sites is 1. The zero-order chi connectivity index (χ0) is 12.8. The van der Waals surface area contributed by atoms with Gasteiger partial charge < -0.3 is 16.0 Å². The number of anilines is 1. The number of piperazine rings is 1. The summed E-state index contributed by atoms with van der Waals surface area (Å²) in [5.74, 6) is 0. The van der Waals surface area contributed by atoms with Gasteiger partial charge in [-0.3, -0.25) is 4.90 Å². The fourth-order valence-corrected chi connectivity index (χ4v) is 2.23. The molecular weight excluding hydrogens is 224 g/mol. The highest BCUT2D eigenvalue weighted by molar-refractivity contribution is 5.46. The predicted molar refractivity (Wildman–Crippen MR) is 76.5 cm³/mol. The van der Waals surface area contributed by atoms with E-state index in [0.29, 0.717) is 0 Å². The fourth-order valence-electron chi connectivity index (χ4n) is 2.23. The van der Waals surface area contributed by atoms with Crippen LogP contribution in [-0.4, -0.2) is 56.1 Å². The number of hydrogen-bond donors (Lipinski definition) is 2. The Bertz CT molecular complexity index is 359. The number of hydrogen-bond acceptors (Lipinski definition) is 4. The number of rotatable bonds is 5. The van der Waals surface area contributed by atoms with Gasteiger partial charge >= 0.3 is 0 Å². The molecule has 0 spiro atoms. The lowest BCUT2D eigenvalue weighted by molar-refractivity contribution is 0.154. The molecule has 0 aromatic heterocycles. The molecule has 2 rings (SSSR count). The van der Waals surface area contributed by atoms with Crippen molar-refractivity contribution in [1.82, 2.24) is 15.1 Å². The highest BCUT2D eigenvalue weighted by Gasteiger charge is 2.12. The third-order valence-electron chi connectivity index (χ3n) is 3.57. The number of likely N-dealkylation sites (N-methyl/N-ethyl adjacent to an activating group) is 1. The summed E-state index contributed by atoms with van der Waals surface area (Å²) in [6.45, 7) is 7.76. The van der Waals surface area contributed by atoms with Gasteiger partial charge in [0.2, 0.25) is 0 Å². The maximum Gasteiger partial charge on any atom is 0.0359 e. The van der Waals surface area contributed by atoms with Gasteiger partial charge in [-0.2, -0.15) is 0 Å². The van der Waals surface area contributed by atoms with Crippen molar-refractivity contribution in [2.75, 3.05) is 52.0 Å². The van der Waals surface area contributed by atoms with Crippen LogP contribution in [0.1, 0.15) is 5.56 Å². The zero-order valence-electron chi connectivity index (χ0n) is 11.2. The predicted octanol–water partition coefficient (Wildman–Crippen LogP) is 0.606. The Labute approximate surface area is 110 Å². The van der Waals surface area contributed by atoms with E-state index in [-0.39, 0.29) is 0 Å². The first kappa shape index (κ1) is 13.3. The average molecular weight is 248 g/mol.